The summed E-state index contributed by atoms with van der Waals surface area (Å²) >= 11 is 5.82. The third kappa shape index (κ3) is 2.45. The number of nitrogens with two attached hydrogens (primary N) is 1. The van der Waals surface area contributed by atoms with Crippen LogP contribution in [0, 0.1) is 0 Å². The predicted octanol–water partition coefficient (Wildman–Crippen LogP) is 1.24. The zero-order valence-corrected chi connectivity index (χ0v) is 11.1. The summed E-state index contributed by atoms with van der Waals surface area (Å²) in [4.78, 5) is 12.6. The topological polar surface area (TPSA) is 58.3 Å². The Balaban J connectivity index is 2.25. The number of piperazine rings is 1. The van der Waals surface area contributed by atoms with Gasteiger partial charge in [0.25, 0.3) is 0 Å². The summed E-state index contributed by atoms with van der Waals surface area (Å²) in [5, 5.41) is 0.244. The van der Waals surface area contributed by atoms with Crippen LogP contribution in [-0.4, -0.2) is 47.1 Å². The van der Waals surface area contributed by atoms with Crippen LogP contribution in [0.4, 0.5) is 11.5 Å². The van der Waals surface area contributed by atoms with Crippen LogP contribution in [0.1, 0.15) is 13.8 Å². The lowest BCUT2D eigenvalue weighted by Gasteiger charge is -2.43. The Bertz CT molecular complexity index is 399. The smallest absolute Gasteiger partial charge is 0.224 e. The molecule has 1 aromatic rings. The fraction of sp³-hybridized carbons (Fsp3) is 0.636. The monoisotopic (exact) mass is 255 g/mol. The van der Waals surface area contributed by atoms with Crippen LogP contribution in [0.5, 0.6) is 0 Å². The Hall–Kier alpha value is -1.07. The molecule has 94 valence electrons. The van der Waals surface area contributed by atoms with E-state index in [0.717, 1.165) is 18.9 Å². The van der Waals surface area contributed by atoms with E-state index >= 15 is 0 Å². The van der Waals surface area contributed by atoms with Crippen molar-refractivity contribution in [1.29, 1.82) is 0 Å². The van der Waals surface area contributed by atoms with Crippen LogP contribution in [0.25, 0.3) is 0 Å². The molecule has 1 aliphatic rings. The van der Waals surface area contributed by atoms with Crippen molar-refractivity contribution in [2.75, 3.05) is 30.8 Å². The second kappa shape index (κ2) is 4.66. The highest BCUT2D eigenvalue weighted by Crippen LogP contribution is 2.25. The Morgan fingerprint density at radius 2 is 1.94 bits per heavy atom. The van der Waals surface area contributed by atoms with Gasteiger partial charge in [0.2, 0.25) is 5.28 Å². The van der Waals surface area contributed by atoms with Gasteiger partial charge in [-0.1, -0.05) is 0 Å². The summed E-state index contributed by atoms with van der Waals surface area (Å²) in [6, 6.07) is 0.929. The second-order valence-corrected chi connectivity index (χ2v) is 5.02. The molecule has 2 N–H and O–H groups in total. The van der Waals surface area contributed by atoms with Crippen LogP contribution >= 0.6 is 11.6 Å². The average molecular weight is 256 g/mol. The van der Waals surface area contributed by atoms with Crippen LogP contribution in [0.15, 0.2) is 6.20 Å². The highest BCUT2D eigenvalue weighted by molar-refractivity contribution is 6.28. The number of hydrogen-bond donors (Lipinski definition) is 1. The molecule has 0 aromatic carbocycles. The SMILES string of the molecule is CC1CN(c2nc(Cl)ncc2N)CC(C)N1C. The molecule has 2 atom stereocenters. The molecule has 1 fully saturated rings. The van der Waals surface area contributed by atoms with Gasteiger partial charge >= 0.3 is 0 Å². The molecule has 2 unspecified atom stereocenters. The Morgan fingerprint density at radius 1 is 1.35 bits per heavy atom. The first-order valence-electron chi connectivity index (χ1n) is 5.74. The Morgan fingerprint density at radius 3 is 2.53 bits per heavy atom. The van der Waals surface area contributed by atoms with E-state index in [4.69, 9.17) is 17.3 Å². The second-order valence-electron chi connectivity index (χ2n) is 4.69. The van der Waals surface area contributed by atoms with E-state index in [1.165, 1.54) is 0 Å². The first kappa shape index (κ1) is 12.4. The molecule has 5 nitrogen and oxygen atoms in total. The lowest BCUT2D eigenvalue weighted by Crippen LogP contribution is -2.55. The minimum Gasteiger partial charge on any atom is -0.394 e. The van der Waals surface area contributed by atoms with E-state index in [1.54, 1.807) is 6.20 Å². The highest BCUT2D eigenvalue weighted by Gasteiger charge is 2.28. The van der Waals surface area contributed by atoms with E-state index < -0.39 is 0 Å². The average Bonchev–Trinajstić information content (AvgIpc) is 2.28. The van der Waals surface area contributed by atoms with Crippen molar-refractivity contribution < 1.29 is 0 Å². The predicted molar refractivity (Wildman–Crippen MR) is 70.4 cm³/mol. The van der Waals surface area contributed by atoms with Crippen LogP contribution in [0.3, 0.4) is 0 Å². The minimum atomic E-state index is 0.244. The van der Waals surface area contributed by atoms with Crippen molar-refractivity contribution in [2.24, 2.45) is 0 Å². The Labute approximate surface area is 107 Å². The number of nitrogen functional groups attached to an aromatic ring is 1. The summed E-state index contributed by atoms with van der Waals surface area (Å²) in [5.74, 6) is 0.747. The van der Waals surface area contributed by atoms with Gasteiger partial charge in [-0.15, -0.1) is 0 Å². The molecule has 1 aliphatic heterocycles. The van der Waals surface area contributed by atoms with Gasteiger partial charge in [0.1, 0.15) is 0 Å². The fourth-order valence-corrected chi connectivity index (χ4v) is 2.32. The van der Waals surface area contributed by atoms with E-state index in [1.807, 2.05) is 0 Å². The van der Waals surface area contributed by atoms with Crippen LogP contribution in [0.2, 0.25) is 5.28 Å². The van der Waals surface area contributed by atoms with Gasteiger partial charge in [0.05, 0.1) is 11.9 Å². The quantitative estimate of drug-likeness (QED) is 0.766. The number of halogens is 1. The molecule has 17 heavy (non-hydrogen) atoms. The first-order chi connectivity index (χ1) is 7.99. The fourth-order valence-electron chi connectivity index (χ4n) is 2.19. The van der Waals surface area contributed by atoms with Gasteiger partial charge in [-0.3, -0.25) is 4.90 Å². The van der Waals surface area contributed by atoms with Crippen molar-refractivity contribution >= 4 is 23.1 Å². The first-order valence-corrected chi connectivity index (χ1v) is 6.11. The molecule has 2 heterocycles. The van der Waals surface area contributed by atoms with Crippen molar-refractivity contribution in [2.45, 2.75) is 25.9 Å². The minimum absolute atomic E-state index is 0.244. The van der Waals surface area contributed by atoms with Gasteiger partial charge in [-0.25, -0.2) is 4.98 Å². The summed E-state index contributed by atoms with van der Waals surface area (Å²) in [6.07, 6.45) is 1.57. The maximum absolute atomic E-state index is 5.91. The van der Waals surface area contributed by atoms with Crippen molar-refractivity contribution in [3.05, 3.63) is 11.5 Å². The van der Waals surface area contributed by atoms with Gasteiger partial charge in [-0.05, 0) is 32.5 Å². The third-order valence-electron chi connectivity index (χ3n) is 3.43. The number of aromatic nitrogens is 2. The molecule has 2 rings (SSSR count). The van der Waals surface area contributed by atoms with Crippen LogP contribution in [-0.2, 0) is 0 Å². The van der Waals surface area contributed by atoms with Crippen molar-refractivity contribution in [3.63, 3.8) is 0 Å². The molecular weight excluding hydrogens is 238 g/mol. The van der Waals surface area contributed by atoms with Crippen molar-refractivity contribution in [1.82, 2.24) is 14.9 Å². The van der Waals surface area contributed by atoms with Gasteiger partial charge in [-0.2, -0.15) is 4.98 Å². The van der Waals surface area contributed by atoms with Gasteiger partial charge < -0.3 is 10.6 Å². The molecule has 1 aromatic heterocycles. The maximum Gasteiger partial charge on any atom is 0.224 e. The largest absolute Gasteiger partial charge is 0.394 e. The summed E-state index contributed by atoms with van der Waals surface area (Å²) in [5.41, 5.74) is 6.49. The molecule has 0 bridgehead atoms. The molecule has 0 saturated carbocycles. The maximum atomic E-state index is 5.91. The zero-order valence-electron chi connectivity index (χ0n) is 10.4. The molecule has 0 spiro atoms. The third-order valence-corrected chi connectivity index (χ3v) is 3.61. The van der Waals surface area contributed by atoms with E-state index in [-0.39, 0.29) is 5.28 Å². The van der Waals surface area contributed by atoms with E-state index in [0.29, 0.717) is 17.8 Å². The molecule has 6 heteroatoms. The summed E-state index contributed by atoms with van der Waals surface area (Å²) < 4.78 is 0. The number of rotatable bonds is 1. The number of nitrogens with zero attached hydrogens (tertiary/aromatic N) is 4. The summed E-state index contributed by atoms with van der Waals surface area (Å²) in [6.45, 7) is 6.19. The Kier molecular flexibility index (Phi) is 3.40. The standard InChI is InChI=1S/C11H18ClN5/c1-7-5-17(6-8(2)16(7)3)10-9(13)4-14-11(12)15-10/h4,7-8H,5-6,13H2,1-3H3. The van der Waals surface area contributed by atoms with E-state index in [9.17, 15) is 0 Å². The molecule has 1 saturated heterocycles. The molecular formula is C11H18ClN5. The number of hydrogen-bond acceptors (Lipinski definition) is 5. The van der Waals surface area contributed by atoms with E-state index in [2.05, 4.69) is 40.7 Å². The zero-order chi connectivity index (χ0) is 12.6. The lowest BCUT2D eigenvalue weighted by molar-refractivity contribution is 0.169. The number of anilines is 2. The van der Waals surface area contributed by atoms with Crippen LogP contribution < -0.4 is 10.6 Å². The molecule has 0 aliphatic carbocycles. The van der Waals surface area contributed by atoms with Gasteiger partial charge in [0.15, 0.2) is 5.82 Å². The summed E-state index contributed by atoms with van der Waals surface area (Å²) in [7, 11) is 2.14. The van der Waals surface area contributed by atoms with Crippen molar-refractivity contribution in [3.8, 4) is 0 Å². The normalized spacial score (nSPS) is 26.2. The number of likely N-dealkylation sites (N-methyl/N-ethyl adjacent to an activating group) is 1. The lowest BCUT2D eigenvalue weighted by atomic mass is 10.1. The molecule has 0 amide bonds. The highest BCUT2D eigenvalue weighted by atomic mass is 35.5. The van der Waals surface area contributed by atoms with Gasteiger partial charge in [0, 0.05) is 25.2 Å². The molecule has 0 radical (unpaired) electrons.